The van der Waals surface area contributed by atoms with E-state index in [9.17, 15) is 4.79 Å². The average Bonchev–Trinajstić information content (AvgIpc) is 2.96. The summed E-state index contributed by atoms with van der Waals surface area (Å²) in [7, 11) is 3.95. The fourth-order valence-corrected chi connectivity index (χ4v) is 1.89. The summed E-state index contributed by atoms with van der Waals surface area (Å²) < 4.78 is 1.86. The van der Waals surface area contributed by atoms with Crippen LogP contribution in [0.3, 0.4) is 0 Å². The lowest BCUT2D eigenvalue weighted by Gasteiger charge is -2.12. The number of rotatable bonds is 6. The van der Waals surface area contributed by atoms with Gasteiger partial charge in [-0.3, -0.25) is 9.48 Å². The maximum atomic E-state index is 11.9. The zero-order valence-electron chi connectivity index (χ0n) is 11.9. The van der Waals surface area contributed by atoms with Gasteiger partial charge in [-0.15, -0.1) is 0 Å². The summed E-state index contributed by atoms with van der Waals surface area (Å²) in [5.74, 6) is -0.0317. The largest absolute Gasteiger partial charge is 0.378 e. The summed E-state index contributed by atoms with van der Waals surface area (Å²) in [4.78, 5) is 13.9. The highest BCUT2D eigenvalue weighted by atomic mass is 16.1. The second-order valence-corrected chi connectivity index (χ2v) is 4.82. The Hall–Kier alpha value is -2.30. The Bertz CT molecular complexity index is 532. The van der Waals surface area contributed by atoms with Crippen LogP contribution in [0.1, 0.15) is 16.8 Å². The minimum Gasteiger partial charge on any atom is -0.378 e. The van der Waals surface area contributed by atoms with Crippen molar-refractivity contribution in [3.05, 3.63) is 48.3 Å². The topological polar surface area (TPSA) is 50.2 Å². The molecule has 1 N–H and O–H groups in total. The Labute approximate surface area is 119 Å². The Morgan fingerprint density at radius 1 is 1.30 bits per heavy atom. The Morgan fingerprint density at radius 3 is 2.65 bits per heavy atom. The molecule has 0 aliphatic rings. The highest BCUT2D eigenvalue weighted by molar-refractivity contribution is 5.94. The van der Waals surface area contributed by atoms with Crippen molar-refractivity contribution in [2.24, 2.45) is 0 Å². The van der Waals surface area contributed by atoms with Crippen LogP contribution >= 0.6 is 0 Å². The van der Waals surface area contributed by atoms with Gasteiger partial charge in [0.15, 0.2) is 0 Å². The Balaban J connectivity index is 1.76. The number of hydrogen-bond donors (Lipinski definition) is 1. The molecule has 5 heteroatoms. The standard InChI is InChI=1S/C15H20N4O/c1-18(2)14-7-5-13(6-8-14)15(20)16-9-3-11-19-12-4-10-17-19/h4-8,10,12H,3,9,11H2,1-2H3,(H,16,20). The third-order valence-electron chi connectivity index (χ3n) is 3.05. The molecular formula is C15H20N4O. The van der Waals surface area contributed by atoms with Crippen LogP contribution in [0.2, 0.25) is 0 Å². The molecule has 2 aromatic rings. The number of aromatic nitrogens is 2. The molecule has 0 atom stereocenters. The van der Waals surface area contributed by atoms with E-state index in [0.29, 0.717) is 12.1 Å². The quantitative estimate of drug-likeness (QED) is 0.815. The van der Waals surface area contributed by atoms with Gasteiger partial charge in [0.05, 0.1) is 0 Å². The number of aryl methyl sites for hydroxylation is 1. The summed E-state index contributed by atoms with van der Waals surface area (Å²) >= 11 is 0. The summed E-state index contributed by atoms with van der Waals surface area (Å²) in [5, 5.41) is 7.03. The molecule has 0 unspecified atom stereocenters. The second-order valence-electron chi connectivity index (χ2n) is 4.82. The molecule has 0 aliphatic carbocycles. The van der Waals surface area contributed by atoms with Crippen molar-refractivity contribution in [1.82, 2.24) is 15.1 Å². The number of amides is 1. The molecule has 2 rings (SSSR count). The number of nitrogens with one attached hydrogen (secondary N) is 1. The van der Waals surface area contributed by atoms with Crippen molar-refractivity contribution in [2.75, 3.05) is 25.5 Å². The molecule has 1 aromatic heterocycles. The smallest absolute Gasteiger partial charge is 0.251 e. The molecule has 1 aromatic carbocycles. The van der Waals surface area contributed by atoms with Crippen LogP contribution < -0.4 is 10.2 Å². The number of hydrogen-bond acceptors (Lipinski definition) is 3. The van der Waals surface area contributed by atoms with E-state index in [4.69, 9.17) is 0 Å². The zero-order valence-corrected chi connectivity index (χ0v) is 11.9. The van der Waals surface area contributed by atoms with E-state index in [1.165, 1.54) is 0 Å². The van der Waals surface area contributed by atoms with E-state index in [2.05, 4.69) is 10.4 Å². The summed E-state index contributed by atoms with van der Waals surface area (Å²) in [5.41, 5.74) is 1.77. The van der Waals surface area contributed by atoms with Crippen molar-refractivity contribution < 1.29 is 4.79 Å². The average molecular weight is 272 g/mol. The van der Waals surface area contributed by atoms with E-state index in [1.807, 2.05) is 60.2 Å². The number of benzene rings is 1. The van der Waals surface area contributed by atoms with Crippen LogP contribution in [-0.4, -0.2) is 36.3 Å². The Morgan fingerprint density at radius 2 is 2.05 bits per heavy atom. The monoisotopic (exact) mass is 272 g/mol. The second kappa shape index (κ2) is 6.75. The van der Waals surface area contributed by atoms with Crippen molar-refractivity contribution in [1.29, 1.82) is 0 Å². The van der Waals surface area contributed by atoms with Gasteiger partial charge in [0.2, 0.25) is 0 Å². The lowest BCUT2D eigenvalue weighted by molar-refractivity contribution is 0.0952. The van der Waals surface area contributed by atoms with Crippen molar-refractivity contribution in [3.8, 4) is 0 Å². The van der Waals surface area contributed by atoms with Gasteiger partial charge in [0.1, 0.15) is 0 Å². The van der Waals surface area contributed by atoms with Crippen LogP contribution in [0.15, 0.2) is 42.7 Å². The first-order valence-electron chi connectivity index (χ1n) is 6.70. The normalized spacial score (nSPS) is 10.3. The third kappa shape index (κ3) is 3.85. The molecule has 1 amide bonds. The maximum Gasteiger partial charge on any atom is 0.251 e. The molecule has 1 heterocycles. The molecule has 20 heavy (non-hydrogen) atoms. The van der Waals surface area contributed by atoms with E-state index in [-0.39, 0.29) is 5.91 Å². The number of carbonyl (C=O) groups excluding carboxylic acids is 1. The predicted octanol–water partition coefficient (Wildman–Crippen LogP) is 1.77. The van der Waals surface area contributed by atoms with Gasteiger partial charge < -0.3 is 10.2 Å². The lowest BCUT2D eigenvalue weighted by Crippen LogP contribution is -2.25. The first-order valence-corrected chi connectivity index (χ1v) is 6.70. The van der Waals surface area contributed by atoms with Gasteiger partial charge >= 0.3 is 0 Å². The maximum absolute atomic E-state index is 11.9. The number of nitrogens with zero attached hydrogens (tertiary/aromatic N) is 3. The van der Waals surface area contributed by atoms with Crippen molar-refractivity contribution in [2.45, 2.75) is 13.0 Å². The molecule has 0 saturated carbocycles. The van der Waals surface area contributed by atoms with Gasteiger partial charge in [0.25, 0.3) is 5.91 Å². The lowest BCUT2D eigenvalue weighted by atomic mass is 10.2. The number of carbonyl (C=O) groups is 1. The molecule has 0 aliphatic heterocycles. The van der Waals surface area contributed by atoms with Gasteiger partial charge in [-0.05, 0) is 36.8 Å². The summed E-state index contributed by atoms with van der Waals surface area (Å²) in [6.45, 7) is 1.46. The highest BCUT2D eigenvalue weighted by Crippen LogP contribution is 2.11. The Kier molecular flexibility index (Phi) is 4.76. The molecular weight excluding hydrogens is 252 g/mol. The van der Waals surface area contributed by atoms with E-state index >= 15 is 0 Å². The highest BCUT2D eigenvalue weighted by Gasteiger charge is 2.05. The number of anilines is 1. The van der Waals surface area contributed by atoms with E-state index < -0.39 is 0 Å². The first kappa shape index (κ1) is 14.1. The minimum atomic E-state index is -0.0317. The first-order chi connectivity index (χ1) is 9.66. The van der Waals surface area contributed by atoms with Gasteiger partial charge in [-0.1, -0.05) is 0 Å². The van der Waals surface area contributed by atoms with Gasteiger partial charge in [-0.25, -0.2) is 0 Å². The minimum absolute atomic E-state index is 0.0317. The molecule has 0 saturated heterocycles. The molecule has 0 fully saturated rings. The molecule has 0 radical (unpaired) electrons. The van der Waals surface area contributed by atoms with Crippen LogP contribution in [0.5, 0.6) is 0 Å². The molecule has 0 spiro atoms. The fourth-order valence-electron chi connectivity index (χ4n) is 1.89. The van der Waals surface area contributed by atoms with Crippen molar-refractivity contribution >= 4 is 11.6 Å². The van der Waals surface area contributed by atoms with Crippen LogP contribution in [0.25, 0.3) is 0 Å². The van der Waals surface area contributed by atoms with E-state index in [1.54, 1.807) is 6.20 Å². The summed E-state index contributed by atoms with van der Waals surface area (Å²) in [6, 6.07) is 9.47. The molecule has 5 nitrogen and oxygen atoms in total. The zero-order chi connectivity index (χ0) is 14.4. The summed E-state index contributed by atoms with van der Waals surface area (Å²) in [6.07, 6.45) is 4.54. The SMILES string of the molecule is CN(C)c1ccc(C(=O)NCCCn2cccn2)cc1. The van der Waals surface area contributed by atoms with E-state index in [0.717, 1.165) is 18.7 Å². The van der Waals surface area contributed by atoms with Crippen LogP contribution in [0, 0.1) is 0 Å². The van der Waals surface area contributed by atoms with Crippen LogP contribution in [0.4, 0.5) is 5.69 Å². The molecule has 0 bridgehead atoms. The van der Waals surface area contributed by atoms with Gasteiger partial charge in [-0.2, -0.15) is 5.10 Å². The predicted molar refractivity (Wildman–Crippen MR) is 79.9 cm³/mol. The van der Waals surface area contributed by atoms with Crippen molar-refractivity contribution in [3.63, 3.8) is 0 Å². The van der Waals surface area contributed by atoms with Gasteiger partial charge in [0, 0.05) is 50.8 Å². The fraction of sp³-hybridized carbons (Fsp3) is 0.333. The third-order valence-corrected chi connectivity index (χ3v) is 3.05. The molecule has 106 valence electrons. The van der Waals surface area contributed by atoms with Crippen LogP contribution in [-0.2, 0) is 6.54 Å².